The smallest absolute Gasteiger partial charge is 0.282 e. The van der Waals surface area contributed by atoms with Gasteiger partial charge in [-0.15, -0.1) is 0 Å². The van der Waals surface area contributed by atoms with E-state index in [0.29, 0.717) is 38.8 Å². The molecule has 2 aromatic heterocycles. The largest absolute Gasteiger partial charge is 0.493 e. The van der Waals surface area contributed by atoms with E-state index >= 15 is 0 Å². The van der Waals surface area contributed by atoms with Crippen LogP contribution in [0.3, 0.4) is 0 Å². The first kappa shape index (κ1) is 24.3. The molecule has 7 nitrogen and oxygen atoms in total. The predicted molar refractivity (Wildman–Crippen MR) is 151 cm³/mol. The van der Waals surface area contributed by atoms with Crippen LogP contribution in [0.5, 0.6) is 11.5 Å². The van der Waals surface area contributed by atoms with Crippen LogP contribution < -0.4 is 15.0 Å². The molecule has 0 amide bonds. The Bertz CT molecular complexity index is 1690. The maximum atomic E-state index is 13.5. The van der Waals surface area contributed by atoms with Gasteiger partial charge in [0, 0.05) is 10.4 Å². The SMILES string of the molecule is COc1cc(C=Nn2c(-c3cc4cc(Cl)ccc4o3)nc3ccccc3c2=O)cc(I)c1OC(C)C. The minimum Gasteiger partial charge on any atom is -0.493 e. The van der Waals surface area contributed by atoms with Crippen molar-refractivity contribution in [2.75, 3.05) is 7.11 Å². The monoisotopic (exact) mass is 613 g/mol. The van der Waals surface area contributed by atoms with Crippen LogP contribution >= 0.6 is 34.2 Å². The lowest BCUT2D eigenvalue weighted by atomic mass is 10.2. The number of nitrogens with zero attached hydrogens (tertiary/aromatic N) is 3. The van der Waals surface area contributed by atoms with Crippen molar-refractivity contribution in [3.63, 3.8) is 0 Å². The molecule has 3 aromatic carbocycles. The number of hydrogen-bond donors (Lipinski definition) is 0. The van der Waals surface area contributed by atoms with E-state index < -0.39 is 0 Å². The van der Waals surface area contributed by atoms with Crippen LogP contribution in [0.25, 0.3) is 33.5 Å². The molecule has 0 aliphatic rings. The van der Waals surface area contributed by atoms with Crippen LogP contribution in [-0.2, 0) is 0 Å². The highest BCUT2D eigenvalue weighted by Gasteiger charge is 2.17. The lowest BCUT2D eigenvalue weighted by Crippen LogP contribution is -2.20. The zero-order valence-electron chi connectivity index (χ0n) is 19.7. The summed E-state index contributed by atoms with van der Waals surface area (Å²) < 4.78 is 19.6. The number of benzene rings is 3. The number of aromatic nitrogens is 2. The van der Waals surface area contributed by atoms with Crippen LogP contribution in [0.4, 0.5) is 0 Å². The van der Waals surface area contributed by atoms with E-state index in [1.807, 2.05) is 32.0 Å². The molecule has 182 valence electrons. The van der Waals surface area contributed by atoms with Crippen LogP contribution in [0.2, 0.25) is 5.02 Å². The van der Waals surface area contributed by atoms with Gasteiger partial charge in [-0.25, -0.2) is 4.98 Å². The van der Waals surface area contributed by atoms with Gasteiger partial charge in [-0.05, 0) is 90.5 Å². The molecule has 9 heteroatoms. The van der Waals surface area contributed by atoms with E-state index in [0.717, 1.165) is 14.5 Å². The lowest BCUT2D eigenvalue weighted by molar-refractivity contribution is 0.228. The molecule has 36 heavy (non-hydrogen) atoms. The maximum absolute atomic E-state index is 13.5. The number of halogens is 2. The first-order chi connectivity index (χ1) is 17.3. The second kappa shape index (κ2) is 9.94. The molecular formula is C27H21ClIN3O4. The molecule has 5 aromatic rings. The fourth-order valence-electron chi connectivity index (χ4n) is 3.80. The summed E-state index contributed by atoms with van der Waals surface area (Å²) >= 11 is 8.34. The van der Waals surface area contributed by atoms with E-state index in [-0.39, 0.29) is 17.5 Å². The number of para-hydroxylation sites is 1. The summed E-state index contributed by atoms with van der Waals surface area (Å²) in [5.74, 6) is 1.93. The highest BCUT2D eigenvalue weighted by molar-refractivity contribution is 14.1. The minimum atomic E-state index is -0.313. The number of hydrogen-bond acceptors (Lipinski definition) is 6. The Morgan fingerprint density at radius 1 is 1.14 bits per heavy atom. The highest BCUT2D eigenvalue weighted by atomic mass is 127. The maximum Gasteiger partial charge on any atom is 0.282 e. The molecule has 0 bridgehead atoms. The molecule has 5 rings (SSSR count). The van der Waals surface area contributed by atoms with Crippen LogP contribution in [0, 0.1) is 3.57 Å². The molecule has 0 unspecified atom stereocenters. The number of ether oxygens (including phenoxy) is 2. The molecule has 0 fully saturated rings. The van der Waals surface area contributed by atoms with Gasteiger partial charge in [0.15, 0.2) is 17.3 Å². The molecule has 0 saturated carbocycles. The average Bonchev–Trinajstić information content (AvgIpc) is 3.27. The highest BCUT2D eigenvalue weighted by Crippen LogP contribution is 2.34. The van der Waals surface area contributed by atoms with E-state index in [2.05, 4.69) is 27.7 Å². The fourth-order valence-corrected chi connectivity index (χ4v) is 4.74. The summed E-state index contributed by atoms with van der Waals surface area (Å²) in [6, 6.07) is 18.0. The normalized spacial score (nSPS) is 11.7. The van der Waals surface area contributed by atoms with Crippen molar-refractivity contribution in [3.8, 4) is 23.1 Å². The van der Waals surface area contributed by atoms with Gasteiger partial charge in [-0.2, -0.15) is 9.78 Å². The van der Waals surface area contributed by atoms with Crippen molar-refractivity contribution in [3.05, 3.63) is 85.2 Å². The first-order valence-electron chi connectivity index (χ1n) is 11.1. The van der Waals surface area contributed by atoms with E-state index in [4.69, 9.17) is 30.5 Å². The Kier molecular flexibility index (Phi) is 6.72. The Hall–Kier alpha value is -3.37. The van der Waals surface area contributed by atoms with Gasteiger partial charge in [0.2, 0.25) is 5.82 Å². The number of methoxy groups -OCH3 is 1. The van der Waals surface area contributed by atoms with Crippen LogP contribution in [0.15, 0.2) is 75.0 Å². The average molecular weight is 614 g/mol. The van der Waals surface area contributed by atoms with Gasteiger partial charge in [0.1, 0.15) is 5.58 Å². The van der Waals surface area contributed by atoms with Crippen LogP contribution in [0.1, 0.15) is 19.4 Å². The van der Waals surface area contributed by atoms with Crippen molar-refractivity contribution in [1.82, 2.24) is 9.66 Å². The quantitative estimate of drug-likeness (QED) is 0.156. The van der Waals surface area contributed by atoms with Gasteiger partial charge >= 0.3 is 0 Å². The lowest BCUT2D eigenvalue weighted by Gasteiger charge is -2.15. The standard InChI is InChI=1S/C27H21ClIN3O4/c1-15(2)35-25-20(29)10-16(11-23(25)34-3)14-30-32-26(31-21-7-5-4-6-19(21)27(32)33)24-13-17-12-18(28)8-9-22(17)36-24/h4-15H,1-3H3. The Morgan fingerprint density at radius 3 is 2.72 bits per heavy atom. The van der Waals surface area contributed by atoms with Gasteiger partial charge < -0.3 is 13.9 Å². The summed E-state index contributed by atoms with van der Waals surface area (Å²) in [6.07, 6.45) is 1.58. The molecule has 2 heterocycles. The number of fused-ring (bicyclic) bond motifs is 2. The number of furan rings is 1. The summed E-state index contributed by atoms with van der Waals surface area (Å²) in [5.41, 5.74) is 1.60. The van der Waals surface area contributed by atoms with E-state index in [1.165, 1.54) is 4.68 Å². The number of rotatable bonds is 6. The third-order valence-electron chi connectivity index (χ3n) is 5.38. The zero-order chi connectivity index (χ0) is 25.4. The molecule has 0 saturated heterocycles. The third kappa shape index (κ3) is 4.70. The second-order valence-corrected chi connectivity index (χ2v) is 9.91. The van der Waals surface area contributed by atoms with E-state index in [1.54, 1.807) is 55.8 Å². The zero-order valence-corrected chi connectivity index (χ0v) is 22.6. The van der Waals surface area contributed by atoms with Crippen molar-refractivity contribution in [2.45, 2.75) is 20.0 Å². The molecule has 0 aliphatic heterocycles. The Morgan fingerprint density at radius 2 is 1.94 bits per heavy atom. The van der Waals surface area contributed by atoms with Gasteiger partial charge in [0.05, 0.1) is 33.9 Å². The van der Waals surface area contributed by atoms with Gasteiger partial charge in [-0.1, -0.05) is 23.7 Å². The van der Waals surface area contributed by atoms with Gasteiger partial charge in [-0.3, -0.25) is 4.79 Å². The van der Waals surface area contributed by atoms with Crippen molar-refractivity contribution < 1.29 is 13.9 Å². The molecule has 0 N–H and O–H groups in total. The summed E-state index contributed by atoms with van der Waals surface area (Å²) in [5, 5.41) is 6.37. The first-order valence-corrected chi connectivity index (χ1v) is 12.6. The van der Waals surface area contributed by atoms with Crippen molar-refractivity contribution >= 4 is 62.3 Å². The topological polar surface area (TPSA) is 78.9 Å². The Balaban J connectivity index is 1.66. The Labute approximate surface area is 225 Å². The molecular weight excluding hydrogens is 593 g/mol. The van der Waals surface area contributed by atoms with Crippen molar-refractivity contribution in [2.24, 2.45) is 5.10 Å². The van der Waals surface area contributed by atoms with Crippen molar-refractivity contribution in [1.29, 1.82) is 0 Å². The minimum absolute atomic E-state index is 0.00423. The second-order valence-electron chi connectivity index (χ2n) is 8.31. The molecule has 0 aliphatic carbocycles. The molecule has 0 radical (unpaired) electrons. The molecule has 0 spiro atoms. The van der Waals surface area contributed by atoms with Gasteiger partial charge in [0.25, 0.3) is 5.56 Å². The fraction of sp³-hybridized carbons (Fsp3) is 0.148. The van der Waals surface area contributed by atoms with E-state index in [9.17, 15) is 4.79 Å². The summed E-state index contributed by atoms with van der Waals surface area (Å²) in [4.78, 5) is 18.2. The molecule has 0 atom stereocenters. The third-order valence-corrected chi connectivity index (χ3v) is 6.42. The van der Waals surface area contributed by atoms with Crippen LogP contribution in [-0.4, -0.2) is 29.1 Å². The summed E-state index contributed by atoms with van der Waals surface area (Å²) in [7, 11) is 1.59. The predicted octanol–water partition coefficient (Wildman–Crippen LogP) is 6.75. The summed E-state index contributed by atoms with van der Waals surface area (Å²) in [6.45, 7) is 3.91.